The summed E-state index contributed by atoms with van der Waals surface area (Å²) in [6.07, 6.45) is 4.76. The molecule has 1 N–H and O–H groups in total. The van der Waals surface area contributed by atoms with E-state index in [9.17, 15) is 8.42 Å². The summed E-state index contributed by atoms with van der Waals surface area (Å²) < 4.78 is 22.6. The summed E-state index contributed by atoms with van der Waals surface area (Å²) in [7, 11) is -2.74. The molecule has 2 fully saturated rings. The van der Waals surface area contributed by atoms with Gasteiger partial charge in [-0.1, -0.05) is 13.3 Å². The van der Waals surface area contributed by atoms with E-state index in [-0.39, 0.29) is 6.04 Å². The Labute approximate surface area is 111 Å². The van der Waals surface area contributed by atoms with Gasteiger partial charge in [0.2, 0.25) is 0 Å². The van der Waals surface area contributed by atoms with Gasteiger partial charge in [-0.25, -0.2) is 8.42 Å². The fourth-order valence-electron chi connectivity index (χ4n) is 3.00. The molecular weight excluding hydrogens is 248 g/mol. The summed E-state index contributed by atoms with van der Waals surface area (Å²) in [6.45, 7) is 6.69. The molecule has 0 aromatic carbocycles. The predicted octanol–water partition coefficient (Wildman–Crippen LogP) is 0.885. The summed E-state index contributed by atoms with van der Waals surface area (Å²) >= 11 is 0. The smallest absolute Gasteiger partial charge is 0.151 e. The molecule has 2 aliphatic heterocycles. The number of hydrogen-bond donors (Lipinski definition) is 1. The van der Waals surface area contributed by atoms with Crippen LogP contribution in [-0.2, 0) is 9.84 Å². The highest BCUT2D eigenvalue weighted by molar-refractivity contribution is 7.91. The molecule has 0 amide bonds. The zero-order chi connectivity index (χ0) is 13.0. The van der Waals surface area contributed by atoms with Gasteiger partial charge in [0, 0.05) is 19.1 Å². The van der Waals surface area contributed by atoms with Gasteiger partial charge in [-0.2, -0.15) is 0 Å². The first kappa shape index (κ1) is 14.3. The zero-order valence-electron chi connectivity index (χ0n) is 11.4. The molecule has 0 saturated carbocycles. The Hall–Kier alpha value is -0.130. The van der Waals surface area contributed by atoms with Crippen molar-refractivity contribution in [2.24, 2.45) is 5.92 Å². The van der Waals surface area contributed by atoms with Crippen molar-refractivity contribution in [3.63, 3.8) is 0 Å². The maximum absolute atomic E-state index is 11.3. The lowest BCUT2D eigenvalue weighted by atomic mass is 9.94. The van der Waals surface area contributed by atoms with Gasteiger partial charge in [-0.05, 0) is 38.3 Å². The van der Waals surface area contributed by atoms with E-state index in [1.165, 1.54) is 32.4 Å². The molecule has 5 heteroatoms. The van der Waals surface area contributed by atoms with Gasteiger partial charge < -0.3 is 10.2 Å². The number of rotatable bonds is 5. The molecule has 18 heavy (non-hydrogen) atoms. The second kappa shape index (κ2) is 6.35. The normalized spacial score (nSPS) is 29.7. The molecule has 0 aliphatic carbocycles. The highest BCUT2D eigenvalue weighted by Crippen LogP contribution is 2.19. The predicted molar refractivity (Wildman–Crippen MR) is 74.5 cm³/mol. The number of sulfone groups is 1. The third-order valence-corrected chi connectivity index (χ3v) is 6.15. The zero-order valence-corrected chi connectivity index (χ0v) is 12.2. The Morgan fingerprint density at radius 3 is 2.50 bits per heavy atom. The maximum Gasteiger partial charge on any atom is 0.151 e. The topological polar surface area (TPSA) is 49.4 Å². The standard InChI is InChI=1S/C13H26N2O2S/c1-2-12-3-7-15(8-4-12)9-6-14-13-5-10-18(16,17)11-13/h12-14H,2-11H2,1H3. The quantitative estimate of drug-likeness (QED) is 0.809. The third-order valence-electron chi connectivity index (χ3n) is 4.38. The Morgan fingerprint density at radius 2 is 1.94 bits per heavy atom. The van der Waals surface area contributed by atoms with E-state index >= 15 is 0 Å². The molecule has 0 bridgehead atoms. The molecule has 0 radical (unpaired) electrons. The number of nitrogens with one attached hydrogen (secondary N) is 1. The van der Waals surface area contributed by atoms with Crippen molar-refractivity contribution in [2.75, 3.05) is 37.7 Å². The van der Waals surface area contributed by atoms with Crippen LogP contribution in [-0.4, -0.2) is 57.0 Å². The maximum atomic E-state index is 11.3. The van der Waals surface area contributed by atoms with E-state index in [4.69, 9.17) is 0 Å². The lowest BCUT2D eigenvalue weighted by Crippen LogP contribution is -2.41. The fourth-order valence-corrected chi connectivity index (χ4v) is 4.71. The van der Waals surface area contributed by atoms with Crippen LogP contribution in [0.25, 0.3) is 0 Å². The van der Waals surface area contributed by atoms with Crippen molar-refractivity contribution < 1.29 is 8.42 Å². The molecule has 0 spiro atoms. The lowest BCUT2D eigenvalue weighted by molar-refractivity contribution is 0.181. The minimum absolute atomic E-state index is 0.197. The summed E-state index contributed by atoms with van der Waals surface area (Å²) in [5, 5.41) is 3.39. The van der Waals surface area contributed by atoms with Gasteiger partial charge in [-0.3, -0.25) is 0 Å². The molecule has 0 aromatic rings. The average Bonchev–Trinajstić information content (AvgIpc) is 2.70. The molecule has 2 aliphatic rings. The third kappa shape index (κ3) is 4.21. The van der Waals surface area contributed by atoms with Crippen LogP contribution in [0.5, 0.6) is 0 Å². The number of hydrogen-bond acceptors (Lipinski definition) is 4. The second-order valence-corrected chi connectivity index (χ2v) is 7.98. The van der Waals surface area contributed by atoms with E-state index < -0.39 is 9.84 Å². The van der Waals surface area contributed by atoms with Crippen molar-refractivity contribution in [1.29, 1.82) is 0 Å². The monoisotopic (exact) mass is 274 g/mol. The minimum Gasteiger partial charge on any atom is -0.312 e. The lowest BCUT2D eigenvalue weighted by Gasteiger charge is -2.31. The van der Waals surface area contributed by atoms with Crippen LogP contribution in [0.15, 0.2) is 0 Å². The molecule has 2 saturated heterocycles. The van der Waals surface area contributed by atoms with Crippen molar-refractivity contribution in [3.05, 3.63) is 0 Å². The molecule has 0 aromatic heterocycles. The van der Waals surface area contributed by atoms with Gasteiger partial charge in [0.25, 0.3) is 0 Å². The summed E-state index contributed by atoms with van der Waals surface area (Å²) in [6, 6.07) is 0.197. The van der Waals surface area contributed by atoms with Gasteiger partial charge >= 0.3 is 0 Å². The first-order chi connectivity index (χ1) is 8.59. The van der Waals surface area contributed by atoms with Crippen LogP contribution in [0.4, 0.5) is 0 Å². The Kier molecular flexibility index (Phi) is 5.04. The van der Waals surface area contributed by atoms with Crippen molar-refractivity contribution in [2.45, 2.75) is 38.6 Å². The first-order valence-corrected chi connectivity index (χ1v) is 9.07. The summed E-state index contributed by atoms with van der Waals surface area (Å²) in [5.74, 6) is 1.63. The summed E-state index contributed by atoms with van der Waals surface area (Å²) in [5.41, 5.74) is 0. The molecule has 2 rings (SSSR count). The van der Waals surface area contributed by atoms with Crippen molar-refractivity contribution >= 4 is 9.84 Å². The second-order valence-electron chi connectivity index (χ2n) is 5.75. The average molecular weight is 274 g/mol. The van der Waals surface area contributed by atoms with Gasteiger partial charge in [0.05, 0.1) is 11.5 Å². The van der Waals surface area contributed by atoms with Crippen LogP contribution >= 0.6 is 0 Å². The van der Waals surface area contributed by atoms with Gasteiger partial charge in [0.1, 0.15) is 0 Å². The molecule has 1 unspecified atom stereocenters. The van der Waals surface area contributed by atoms with Crippen LogP contribution in [0.1, 0.15) is 32.6 Å². The molecule has 106 valence electrons. The van der Waals surface area contributed by atoms with Crippen LogP contribution < -0.4 is 5.32 Å². The van der Waals surface area contributed by atoms with E-state index in [1.54, 1.807) is 0 Å². The van der Waals surface area contributed by atoms with Crippen molar-refractivity contribution in [3.8, 4) is 0 Å². The highest BCUT2D eigenvalue weighted by atomic mass is 32.2. The summed E-state index contributed by atoms with van der Waals surface area (Å²) in [4.78, 5) is 2.50. The van der Waals surface area contributed by atoms with E-state index in [2.05, 4.69) is 17.1 Å². The molecule has 1 atom stereocenters. The fraction of sp³-hybridized carbons (Fsp3) is 1.00. The van der Waals surface area contributed by atoms with Crippen LogP contribution in [0, 0.1) is 5.92 Å². The van der Waals surface area contributed by atoms with Gasteiger partial charge in [-0.15, -0.1) is 0 Å². The SMILES string of the molecule is CCC1CCN(CCNC2CCS(=O)(=O)C2)CC1. The molecular formula is C13H26N2O2S. The number of piperidine rings is 1. The van der Waals surface area contributed by atoms with E-state index in [0.717, 1.165) is 25.4 Å². The van der Waals surface area contributed by atoms with E-state index in [1.807, 2.05) is 0 Å². The van der Waals surface area contributed by atoms with E-state index in [0.29, 0.717) is 11.5 Å². The first-order valence-electron chi connectivity index (χ1n) is 7.25. The Bertz CT molecular complexity index is 348. The van der Waals surface area contributed by atoms with Gasteiger partial charge in [0.15, 0.2) is 9.84 Å². The molecule has 4 nitrogen and oxygen atoms in total. The van der Waals surface area contributed by atoms with Crippen LogP contribution in [0.3, 0.4) is 0 Å². The Morgan fingerprint density at radius 1 is 1.22 bits per heavy atom. The number of likely N-dealkylation sites (tertiary alicyclic amines) is 1. The van der Waals surface area contributed by atoms with Crippen molar-refractivity contribution in [1.82, 2.24) is 10.2 Å². The molecule has 2 heterocycles. The Balaban J connectivity index is 1.59. The van der Waals surface area contributed by atoms with Crippen LogP contribution in [0.2, 0.25) is 0 Å². The largest absolute Gasteiger partial charge is 0.312 e. The minimum atomic E-state index is -2.74. The number of nitrogens with zero attached hydrogens (tertiary/aromatic N) is 1. The highest BCUT2D eigenvalue weighted by Gasteiger charge is 2.27.